The predicted octanol–water partition coefficient (Wildman–Crippen LogP) is 4.59. The Morgan fingerprint density at radius 1 is 1.12 bits per heavy atom. The number of carbonyl (C=O) groups is 2. The number of primary amides is 1. The summed E-state index contributed by atoms with van der Waals surface area (Å²) in [6, 6.07) is 17.7. The smallest absolute Gasteiger partial charge is 0.416 e. The van der Waals surface area contributed by atoms with E-state index in [-0.39, 0.29) is 24.7 Å². The van der Waals surface area contributed by atoms with Gasteiger partial charge in [-0.05, 0) is 72.1 Å². The number of H-pyrrole nitrogens is 1. The van der Waals surface area contributed by atoms with Gasteiger partial charge < -0.3 is 25.9 Å². The van der Waals surface area contributed by atoms with Crippen LogP contribution in [0.1, 0.15) is 22.9 Å². The summed E-state index contributed by atoms with van der Waals surface area (Å²) >= 11 is 6.29. The first-order valence-electron chi connectivity index (χ1n) is 13.1. The highest BCUT2D eigenvalue weighted by Crippen LogP contribution is 2.40. The van der Waals surface area contributed by atoms with Gasteiger partial charge in [0.05, 0.1) is 6.54 Å². The summed E-state index contributed by atoms with van der Waals surface area (Å²) < 4.78 is 24.8. The fourth-order valence-electron chi connectivity index (χ4n) is 4.92. The molecule has 1 aliphatic heterocycles. The zero-order valence-corrected chi connectivity index (χ0v) is 23.1. The second-order valence-electron chi connectivity index (χ2n) is 9.68. The van der Waals surface area contributed by atoms with E-state index in [1.165, 1.54) is 30.5 Å². The average Bonchev–Trinajstić information content (AvgIpc) is 3.33. The van der Waals surface area contributed by atoms with Gasteiger partial charge in [-0.2, -0.15) is 0 Å². The molecule has 216 valence electrons. The molecule has 0 radical (unpaired) electrons. The summed E-state index contributed by atoms with van der Waals surface area (Å²) in [6.45, 7) is 0.830. The zero-order chi connectivity index (χ0) is 29.8. The van der Waals surface area contributed by atoms with E-state index in [2.05, 4.69) is 9.98 Å². The van der Waals surface area contributed by atoms with E-state index >= 15 is 0 Å². The molecule has 1 aromatic heterocycles. The van der Waals surface area contributed by atoms with Gasteiger partial charge in [0.15, 0.2) is 0 Å². The number of hydrogen-bond donors (Lipinski definition) is 4. The Kier molecular flexibility index (Phi) is 8.39. The van der Waals surface area contributed by atoms with Crippen LogP contribution in [0, 0.1) is 17.1 Å². The number of fused-ring (bicyclic) bond motifs is 3. The number of aromatic nitrogens is 1. The van der Waals surface area contributed by atoms with Gasteiger partial charge in [0.1, 0.15) is 41.7 Å². The van der Waals surface area contributed by atoms with Gasteiger partial charge in [-0.3, -0.25) is 20.1 Å². The number of hydrogen-bond acceptors (Lipinski definition) is 6. The lowest BCUT2D eigenvalue weighted by Crippen LogP contribution is -2.42. The fraction of sp³-hybridized carbons (Fsp3) is 0.200. The third kappa shape index (κ3) is 6.21. The van der Waals surface area contributed by atoms with Crippen LogP contribution in [-0.4, -0.2) is 53.6 Å². The lowest BCUT2D eigenvalue weighted by atomic mass is 9.92. The Hall–Kier alpha value is -4.90. The van der Waals surface area contributed by atoms with Crippen LogP contribution in [-0.2, 0) is 11.2 Å². The van der Waals surface area contributed by atoms with Crippen molar-refractivity contribution in [3.8, 4) is 11.5 Å². The number of nitrogens with zero attached hydrogens (tertiary/aromatic N) is 2. The fourth-order valence-corrected chi connectivity index (χ4v) is 5.09. The SMILES string of the molecule is N=C(N)C(C=NCCOc1ccc(C2c3[nH]c4ccc(Cl)cc4c3CCN2C(=O)Oc2ccc(F)cc2)cc1)C(N)=O. The van der Waals surface area contributed by atoms with Crippen molar-refractivity contribution in [2.75, 3.05) is 19.7 Å². The maximum atomic E-state index is 13.4. The van der Waals surface area contributed by atoms with Crippen LogP contribution in [0.15, 0.2) is 71.7 Å². The number of amidine groups is 1. The van der Waals surface area contributed by atoms with Crippen LogP contribution in [0.3, 0.4) is 0 Å². The van der Waals surface area contributed by atoms with E-state index < -0.39 is 29.8 Å². The predicted molar refractivity (Wildman–Crippen MR) is 158 cm³/mol. The number of amides is 2. The lowest BCUT2D eigenvalue weighted by molar-refractivity contribution is -0.118. The molecule has 2 heterocycles. The highest BCUT2D eigenvalue weighted by molar-refractivity contribution is 6.31. The molecule has 12 heteroatoms. The normalized spacial score (nSPS) is 15.4. The molecule has 0 aliphatic carbocycles. The van der Waals surface area contributed by atoms with Gasteiger partial charge in [-0.1, -0.05) is 23.7 Å². The molecule has 42 heavy (non-hydrogen) atoms. The van der Waals surface area contributed by atoms with Crippen molar-refractivity contribution in [1.29, 1.82) is 5.41 Å². The van der Waals surface area contributed by atoms with E-state index in [9.17, 15) is 14.0 Å². The van der Waals surface area contributed by atoms with Crippen LogP contribution in [0.5, 0.6) is 11.5 Å². The van der Waals surface area contributed by atoms with Crippen LogP contribution in [0.25, 0.3) is 10.9 Å². The molecule has 0 fully saturated rings. The van der Waals surface area contributed by atoms with Crippen molar-refractivity contribution in [1.82, 2.24) is 9.88 Å². The molecule has 10 nitrogen and oxygen atoms in total. The Bertz CT molecular complexity index is 1640. The standard InChI is InChI=1S/C30H28ClFN6O4/c31-18-3-10-25-23(15-18)22-11-13-38(30(40)42-21-8-4-19(32)5-9-21)27(26(22)37-25)17-1-6-20(7-2-17)41-14-12-36-16-24(28(33)34)29(35)39/h1-10,15-16,24,27,37H,11-14H2,(H3,33,34)(H2,35,39). The zero-order valence-electron chi connectivity index (χ0n) is 22.3. The first-order valence-corrected chi connectivity index (χ1v) is 13.5. The van der Waals surface area contributed by atoms with Crippen LogP contribution < -0.4 is 20.9 Å². The number of aliphatic imine (C=N–C) groups is 1. The number of nitrogens with two attached hydrogens (primary N) is 2. The molecule has 2 amide bonds. The van der Waals surface area contributed by atoms with Crippen LogP contribution in [0.2, 0.25) is 5.02 Å². The topological polar surface area (TPSA) is 160 Å². The van der Waals surface area contributed by atoms with Gasteiger partial charge in [0, 0.05) is 34.4 Å². The molecule has 0 saturated carbocycles. The Morgan fingerprint density at radius 3 is 2.52 bits per heavy atom. The average molecular weight is 591 g/mol. The molecule has 2 unspecified atom stereocenters. The summed E-state index contributed by atoms with van der Waals surface area (Å²) in [4.78, 5) is 33.9. The number of nitrogens with one attached hydrogen (secondary N) is 2. The molecular formula is C30H28ClFN6O4. The van der Waals surface area contributed by atoms with Crippen LogP contribution >= 0.6 is 11.6 Å². The number of benzene rings is 3. The molecule has 2 atom stereocenters. The summed E-state index contributed by atoms with van der Waals surface area (Å²) in [5.41, 5.74) is 14.2. The lowest BCUT2D eigenvalue weighted by Gasteiger charge is -2.35. The monoisotopic (exact) mass is 590 g/mol. The van der Waals surface area contributed by atoms with E-state index in [0.717, 1.165) is 27.7 Å². The van der Waals surface area contributed by atoms with E-state index in [1.54, 1.807) is 17.0 Å². The highest BCUT2D eigenvalue weighted by Gasteiger charge is 2.35. The largest absolute Gasteiger partial charge is 0.492 e. The van der Waals surface area contributed by atoms with Crippen molar-refractivity contribution < 1.29 is 23.5 Å². The number of rotatable bonds is 9. The van der Waals surface area contributed by atoms with Crippen LogP contribution in [0.4, 0.5) is 9.18 Å². The quantitative estimate of drug-likeness (QED) is 0.127. The summed E-state index contributed by atoms with van der Waals surface area (Å²) in [6.07, 6.45) is 1.27. The second kappa shape index (κ2) is 12.3. The van der Waals surface area contributed by atoms with Crippen molar-refractivity contribution in [2.45, 2.75) is 12.5 Å². The van der Waals surface area contributed by atoms with E-state index in [0.29, 0.717) is 23.7 Å². The van der Waals surface area contributed by atoms with Gasteiger partial charge in [0.2, 0.25) is 5.91 Å². The third-order valence-corrected chi connectivity index (χ3v) is 7.16. The van der Waals surface area contributed by atoms with Gasteiger partial charge >= 0.3 is 6.09 Å². The number of ether oxygens (including phenoxy) is 2. The second-order valence-corrected chi connectivity index (χ2v) is 10.1. The molecule has 5 rings (SSSR count). The molecule has 1 aliphatic rings. The first-order chi connectivity index (χ1) is 20.2. The molecule has 4 aromatic rings. The Morgan fingerprint density at radius 2 is 1.83 bits per heavy atom. The van der Waals surface area contributed by atoms with Gasteiger partial charge in [-0.25, -0.2) is 9.18 Å². The minimum atomic E-state index is -1.05. The van der Waals surface area contributed by atoms with Gasteiger partial charge in [0.25, 0.3) is 0 Å². The highest BCUT2D eigenvalue weighted by atomic mass is 35.5. The maximum absolute atomic E-state index is 13.4. The van der Waals surface area contributed by atoms with Gasteiger partial charge in [-0.15, -0.1) is 0 Å². The molecule has 3 aromatic carbocycles. The van der Waals surface area contributed by atoms with Crippen molar-refractivity contribution in [2.24, 2.45) is 22.4 Å². The number of carbonyl (C=O) groups excluding carboxylic acids is 2. The molecule has 0 saturated heterocycles. The molecule has 6 N–H and O–H groups in total. The molecule has 0 spiro atoms. The van der Waals surface area contributed by atoms with E-state index in [4.69, 9.17) is 38.0 Å². The Balaban J connectivity index is 1.37. The molecule has 0 bridgehead atoms. The van der Waals surface area contributed by atoms with E-state index in [1.807, 2.05) is 30.3 Å². The summed E-state index contributed by atoms with van der Waals surface area (Å²) in [5, 5.41) is 9.01. The van der Waals surface area contributed by atoms with Crippen molar-refractivity contribution in [3.05, 3.63) is 94.4 Å². The van der Waals surface area contributed by atoms with Crippen molar-refractivity contribution >= 4 is 46.6 Å². The minimum Gasteiger partial charge on any atom is -0.492 e. The number of aromatic amines is 1. The summed E-state index contributed by atoms with van der Waals surface area (Å²) in [7, 11) is 0. The number of halogens is 2. The Labute approximate surface area is 245 Å². The minimum absolute atomic E-state index is 0.214. The molecular weight excluding hydrogens is 563 g/mol. The van der Waals surface area contributed by atoms with Crippen molar-refractivity contribution in [3.63, 3.8) is 0 Å². The maximum Gasteiger partial charge on any atom is 0.416 e. The third-order valence-electron chi connectivity index (χ3n) is 6.92. The summed E-state index contributed by atoms with van der Waals surface area (Å²) in [5.74, 6) is -1.78. The first kappa shape index (κ1) is 28.6.